The van der Waals surface area contributed by atoms with Crippen LogP contribution in [0.3, 0.4) is 0 Å². The van der Waals surface area contributed by atoms with Gasteiger partial charge in [0.1, 0.15) is 0 Å². The molecular weight excluding hydrogens is 324 g/mol. The maximum absolute atomic E-state index is 13.4. The standard InChI is InChI=1S/C18H30N2O3S/c1-11-12(2)14(4)18(15(5)13(11)3)24(21,22)20-8-7-17(23-6)9-16(20)10-19/h16-17H,7-10,19H2,1-6H3. The number of hydrogen-bond donors (Lipinski definition) is 1. The first-order valence-electron chi connectivity index (χ1n) is 8.48. The van der Waals surface area contributed by atoms with Crippen LogP contribution in [0.15, 0.2) is 4.90 Å². The zero-order valence-corrected chi connectivity index (χ0v) is 16.5. The Hall–Kier alpha value is -0.950. The average molecular weight is 355 g/mol. The molecule has 0 aliphatic carbocycles. The summed E-state index contributed by atoms with van der Waals surface area (Å²) >= 11 is 0. The lowest BCUT2D eigenvalue weighted by molar-refractivity contribution is 0.0401. The van der Waals surface area contributed by atoms with Crippen molar-refractivity contribution in [1.82, 2.24) is 4.31 Å². The minimum atomic E-state index is -3.58. The number of sulfonamides is 1. The summed E-state index contributed by atoms with van der Waals surface area (Å²) in [7, 11) is -1.91. The van der Waals surface area contributed by atoms with Gasteiger partial charge in [0.25, 0.3) is 0 Å². The molecule has 1 heterocycles. The van der Waals surface area contributed by atoms with Crippen LogP contribution in [-0.2, 0) is 14.8 Å². The quantitative estimate of drug-likeness (QED) is 0.901. The number of hydrogen-bond acceptors (Lipinski definition) is 4. The molecule has 136 valence electrons. The highest BCUT2D eigenvalue weighted by Crippen LogP contribution is 2.34. The maximum atomic E-state index is 13.4. The number of nitrogens with zero attached hydrogens (tertiary/aromatic N) is 1. The van der Waals surface area contributed by atoms with Crippen LogP contribution >= 0.6 is 0 Å². The Morgan fingerprint density at radius 2 is 1.54 bits per heavy atom. The Kier molecular flexibility index (Phi) is 5.75. The van der Waals surface area contributed by atoms with Gasteiger partial charge in [-0.25, -0.2) is 8.42 Å². The summed E-state index contributed by atoms with van der Waals surface area (Å²) in [5.74, 6) is 0. The van der Waals surface area contributed by atoms with Gasteiger partial charge in [0, 0.05) is 26.2 Å². The van der Waals surface area contributed by atoms with Crippen LogP contribution in [0.1, 0.15) is 40.7 Å². The van der Waals surface area contributed by atoms with Crippen LogP contribution in [0.2, 0.25) is 0 Å². The Morgan fingerprint density at radius 1 is 1.04 bits per heavy atom. The molecule has 2 atom stereocenters. The molecule has 0 aromatic heterocycles. The normalized spacial score (nSPS) is 22.8. The molecule has 0 amide bonds. The highest BCUT2D eigenvalue weighted by atomic mass is 32.2. The Bertz CT molecular complexity index is 699. The summed E-state index contributed by atoms with van der Waals surface area (Å²) in [4.78, 5) is 0.456. The summed E-state index contributed by atoms with van der Waals surface area (Å²) in [5, 5.41) is 0. The number of methoxy groups -OCH3 is 1. The van der Waals surface area contributed by atoms with Crippen LogP contribution in [0.25, 0.3) is 0 Å². The molecule has 0 saturated carbocycles. The zero-order chi connectivity index (χ0) is 18.2. The second kappa shape index (κ2) is 7.12. The largest absolute Gasteiger partial charge is 0.381 e. The number of nitrogens with two attached hydrogens (primary N) is 1. The lowest BCUT2D eigenvalue weighted by Crippen LogP contribution is -2.51. The minimum Gasteiger partial charge on any atom is -0.381 e. The predicted molar refractivity (Wildman–Crippen MR) is 96.9 cm³/mol. The second-order valence-corrected chi connectivity index (χ2v) is 8.67. The number of benzene rings is 1. The highest BCUT2D eigenvalue weighted by Gasteiger charge is 2.38. The molecule has 0 radical (unpaired) electrons. The van der Waals surface area contributed by atoms with Crippen molar-refractivity contribution in [3.63, 3.8) is 0 Å². The first-order valence-corrected chi connectivity index (χ1v) is 9.92. The third-order valence-electron chi connectivity index (χ3n) is 5.72. The predicted octanol–water partition coefficient (Wildman–Crippen LogP) is 2.36. The molecule has 1 fully saturated rings. The second-order valence-electron chi connectivity index (χ2n) is 6.84. The fourth-order valence-corrected chi connectivity index (χ4v) is 5.93. The van der Waals surface area contributed by atoms with E-state index in [9.17, 15) is 8.42 Å². The number of ether oxygens (including phenoxy) is 1. The van der Waals surface area contributed by atoms with E-state index in [0.29, 0.717) is 30.8 Å². The van der Waals surface area contributed by atoms with Crippen LogP contribution in [0.5, 0.6) is 0 Å². The Balaban J connectivity index is 2.56. The van der Waals surface area contributed by atoms with Crippen LogP contribution in [0, 0.1) is 34.6 Å². The van der Waals surface area contributed by atoms with Crippen molar-refractivity contribution in [1.29, 1.82) is 0 Å². The van der Waals surface area contributed by atoms with Gasteiger partial charge in [0.2, 0.25) is 10.0 Å². The van der Waals surface area contributed by atoms with Crippen molar-refractivity contribution in [2.24, 2.45) is 5.73 Å². The molecule has 2 N–H and O–H groups in total. The van der Waals surface area contributed by atoms with E-state index in [1.165, 1.54) is 0 Å². The smallest absolute Gasteiger partial charge is 0.243 e. The molecule has 1 aromatic carbocycles. The molecule has 0 bridgehead atoms. The summed E-state index contributed by atoms with van der Waals surface area (Å²) in [6.07, 6.45) is 1.43. The summed E-state index contributed by atoms with van der Waals surface area (Å²) < 4.78 is 33.9. The summed E-state index contributed by atoms with van der Waals surface area (Å²) in [6, 6.07) is -0.214. The van der Waals surface area contributed by atoms with Gasteiger partial charge in [-0.3, -0.25) is 0 Å². The summed E-state index contributed by atoms with van der Waals surface area (Å²) in [5.41, 5.74) is 10.8. The minimum absolute atomic E-state index is 0.0775. The van der Waals surface area contributed by atoms with Gasteiger partial charge in [-0.05, 0) is 75.3 Å². The van der Waals surface area contributed by atoms with Crippen molar-refractivity contribution in [3.8, 4) is 0 Å². The lowest BCUT2D eigenvalue weighted by atomic mass is 9.95. The fourth-order valence-electron chi connectivity index (χ4n) is 3.71. The van der Waals surface area contributed by atoms with Gasteiger partial charge in [-0.2, -0.15) is 4.31 Å². The molecule has 1 saturated heterocycles. The molecule has 2 rings (SSSR count). The molecule has 0 spiro atoms. The molecule has 6 heteroatoms. The summed E-state index contributed by atoms with van der Waals surface area (Å²) in [6.45, 7) is 10.6. The molecule has 1 aliphatic rings. The SMILES string of the molecule is COC1CCN(S(=O)(=O)c2c(C)c(C)c(C)c(C)c2C)C(CN)C1. The van der Waals surface area contributed by atoms with Crippen molar-refractivity contribution in [2.45, 2.75) is 64.5 Å². The van der Waals surface area contributed by atoms with Crippen LogP contribution in [-0.4, -0.2) is 45.1 Å². The number of rotatable bonds is 4. The van der Waals surface area contributed by atoms with E-state index in [1.54, 1.807) is 11.4 Å². The molecule has 5 nitrogen and oxygen atoms in total. The van der Waals surface area contributed by atoms with Crippen molar-refractivity contribution < 1.29 is 13.2 Å². The van der Waals surface area contributed by atoms with E-state index in [4.69, 9.17) is 10.5 Å². The molecule has 1 aromatic rings. The van der Waals surface area contributed by atoms with Crippen molar-refractivity contribution in [2.75, 3.05) is 20.2 Å². The maximum Gasteiger partial charge on any atom is 0.243 e. The van der Waals surface area contributed by atoms with E-state index in [-0.39, 0.29) is 12.1 Å². The third kappa shape index (κ3) is 3.12. The van der Waals surface area contributed by atoms with Gasteiger partial charge in [0.05, 0.1) is 11.0 Å². The Labute approximate surface area is 146 Å². The van der Waals surface area contributed by atoms with Crippen molar-refractivity contribution >= 4 is 10.0 Å². The molecular formula is C18H30N2O3S. The zero-order valence-electron chi connectivity index (χ0n) is 15.6. The van der Waals surface area contributed by atoms with Gasteiger partial charge in [-0.1, -0.05) is 0 Å². The van der Waals surface area contributed by atoms with Gasteiger partial charge >= 0.3 is 0 Å². The Morgan fingerprint density at radius 3 is 2.00 bits per heavy atom. The monoisotopic (exact) mass is 354 g/mol. The van der Waals surface area contributed by atoms with Gasteiger partial charge < -0.3 is 10.5 Å². The van der Waals surface area contributed by atoms with E-state index in [2.05, 4.69) is 0 Å². The van der Waals surface area contributed by atoms with E-state index < -0.39 is 10.0 Å². The average Bonchev–Trinajstić information content (AvgIpc) is 2.57. The fraction of sp³-hybridized carbons (Fsp3) is 0.667. The highest BCUT2D eigenvalue weighted by molar-refractivity contribution is 7.89. The first-order chi connectivity index (χ1) is 11.2. The molecule has 24 heavy (non-hydrogen) atoms. The van der Waals surface area contributed by atoms with E-state index in [1.807, 2.05) is 34.6 Å². The van der Waals surface area contributed by atoms with Gasteiger partial charge in [0.15, 0.2) is 0 Å². The van der Waals surface area contributed by atoms with E-state index >= 15 is 0 Å². The molecule has 2 unspecified atom stereocenters. The van der Waals surface area contributed by atoms with Gasteiger partial charge in [-0.15, -0.1) is 0 Å². The van der Waals surface area contributed by atoms with Crippen molar-refractivity contribution in [3.05, 3.63) is 27.8 Å². The van der Waals surface area contributed by atoms with Crippen LogP contribution in [0.4, 0.5) is 0 Å². The van der Waals surface area contributed by atoms with Crippen LogP contribution < -0.4 is 5.73 Å². The molecule has 1 aliphatic heterocycles. The number of piperidine rings is 1. The lowest BCUT2D eigenvalue weighted by Gasteiger charge is -2.38. The topological polar surface area (TPSA) is 72.6 Å². The third-order valence-corrected chi connectivity index (χ3v) is 7.94. The van der Waals surface area contributed by atoms with E-state index in [0.717, 1.165) is 27.8 Å². The first kappa shape index (κ1) is 19.4.